The number of carbonyl (C=O) groups is 1. The summed E-state index contributed by atoms with van der Waals surface area (Å²) in [5.74, 6) is 1.66. The zero-order chi connectivity index (χ0) is 19.9. The van der Waals surface area contributed by atoms with Gasteiger partial charge in [-0.05, 0) is 36.6 Å². The second-order valence-corrected chi connectivity index (χ2v) is 7.35. The summed E-state index contributed by atoms with van der Waals surface area (Å²) in [6.45, 7) is 4.49. The fourth-order valence-electron chi connectivity index (χ4n) is 3.60. The molecule has 1 aromatic heterocycles. The number of piperazine rings is 1. The molecule has 2 saturated heterocycles. The van der Waals surface area contributed by atoms with Crippen LogP contribution >= 0.6 is 0 Å². The second-order valence-electron chi connectivity index (χ2n) is 7.35. The molecule has 1 N–H and O–H groups in total. The lowest BCUT2D eigenvalue weighted by Gasteiger charge is -2.34. The minimum Gasteiger partial charge on any atom is -0.376 e. The van der Waals surface area contributed by atoms with Gasteiger partial charge in [0.1, 0.15) is 5.82 Å². The summed E-state index contributed by atoms with van der Waals surface area (Å²) in [4.78, 5) is 16.5. The first-order valence-electron chi connectivity index (χ1n) is 10.2. The van der Waals surface area contributed by atoms with Gasteiger partial charge < -0.3 is 19.9 Å². The van der Waals surface area contributed by atoms with Crippen molar-refractivity contribution in [3.8, 4) is 0 Å². The third-order valence-electron chi connectivity index (χ3n) is 5.32. The number of nitrogens with zero attached hydrogens (tertiary/aromatic N) is 4. The number of hydrogen-bond donors (Lipinski definition) is 1. The number of rotatable bonds is 6. The molecule has 0 radical (unpaired) electrons. The minimum absolute atomic E-state index is 0.0493. The first kappa shape index (κ1) is 19.4. The number of anilines is 2. The third-order valence-corrected chi connectivity index (χ3v) is 5.32. The number of carbonyl (C=O) groups excluding carboxylic acids is 1. The van der Waals surface area contributed by atoms with Gasteiger partial charge in [-0.15, -0.1) is 10.2 Å². The fraction of sp³-hybridized carbons (Fsp3) is 0.409. The van der Waals surface area contributed by atoms with E-state index in [2.05, 4.69) is 20.4 Å². The van der Waals surface area contributed by atoms with Crippen LogP contribution in [0.1, 0.15) is 18.4 Å². The fourth-order valence-corrected chi connectivity index (χ4v) is 3.60. The minimum atomic E-state index is 0.0493. The highest BCUT2D eigenvalue weighted by atomic mass is 16.5. The molecule has 0 saturated carbocycles. The molecule has 152 valence electrons. The lowest BCUT2D eigenvalue weighted by molar-refractivity contribution is -0.126. The van der Waals surface area contributed by atoms with Crippen molar-refractivity contribution in [1.82, 2.24) is 15.1 Å². The smallest absolute Gasteiger partial charge is 0.246 e. The summed E-state index contributed by atoms with van der Waals surface area (Å²) in [5.41, 5.74) is 1.03. The summed E-state index contributed by atoms with van der Waals surface area (Å²) in [6, 6.07) is 13.8. The van der Waals surface area contributed by atoms with Gasteiger partial charge in [-0.3, -0.25) is 4.79 Å². The molecule has 0 aliphatic carbocycles. The lowest BCUT2D eigenvalue weighted by Crippen LogP contribution is -2.48. The van der Waals surface area contributed by atoms with Crippen LogP contribution in [0.3, 0.4) is 0 Å². The Balaban J connectivity index is 1.24. The van der Waals surface area contributed by atoms with E-state index in [1.807, 2.05) is 53.4 Å². The van der Waals surface area contributed by atoms with Crippen molar-refractivity contribution in [1.29, 1.82) is 0 Å². The predicted molar refractivity (Wildman–Crippen MR) is 114 cm³/mol. The van der Waals surface area contributed by atoms with Crippen LogP contribution in [0.15, 0.2) is 48.5 Å². The molecular formula is C22H27N5O2. The maximum atomic E-state index is 12.4. The Morgan fingerprint density at radius 1 is 1.10 bits per heavy atom. The molecule has 2 aromatic rings. The van der Waals surface area contributed by atoms with Crippen LogP contribution in [-0.4, -0.2) is 66.4 Å². The van der Waals surface area contributed by atoms with Crippen molar-refractivity contribution >= 4 is 23.6 Å². The molecule has 7 heteroatoms. The van der Waals surface area contributed by atoms with Gasteiger partial charge in [-0.2, -0.15) is 0 Å². The molecule has 3 heterocycles. The second kappa shape index (κ2) is 9.52. The first-order valence-corrected chi connectivity index (χ1v) is 10.2. The molecule has 0 spiro atoms. The Hall–Kier alpha value is -2.93. The number of amides is 1. The molecule has 1 atom stereocenters. The van der Waals surface area contributed by atoms with Gasteiger partial charge in [0.25, 0.3) is 0 Å². The van der Waals surface area contributed by atoms with Crippen molar-refractivity contribution < 1.29 is 9.53 Å². The van der Waals surface area contributed by atoms with Crippen LogP contribution in [-0.2, 0) is 9.53 Å². The van der Waals surface area contributed by atoms with Crippen LogP contribution < -0.4 is 10.2 Å². The third kappa shape index (κ3) is 5.32. The highest BCUT2D eigenvalue weighted by Gasteiger charge is 2.21. The van der Waals surface area contributed by atoms with E-state index in [-0.39, 0.29) is 12.0 Å². The van der Waals surface area contributed by atoms with Crippen molar-refractivity contribution in [2.75, 3.05) is 49.5 Å². The zero-order valence-corrected chi connectivity index (χ0v) is 16.5. The van der Waals surface area contributed by atoms with E-state index < -0.39 is 0 Å². The van der Waals surface area contributed by atoms with Crippen molar-refractivity contribution in [2.24, 2.45) is 0 Å². The average molecular weight is 393 g/mol. The maximum absolute atomic E-state index is 12.4. The summed E-state index contributed by atoms with van der Waals surface area (Å²) in [7, 11) is 0. The zero-order valence-electron chi connectivity index (χ0n) is 16.5. The SMILES string of the molecule is O=C(/C=C/c1ccccc1)N1CCN(c2ccc(NCC3CCCO3)nn2)CC1. The van der Waals surface area contributed by atoms with Crippen LogP contribution in [0.5, 0.6) is 0 Å². The van der Waals surface area contributed by atoms with Gasteiger partial charge in [0.2, 0.25) is 5.91 Å². The molecule has 7 nitrogen and oxygen atoms in total. The van der Waals surface area contributed by atoms with E-state index in [9.17, 15) is 4.79 Å². The molecule has 2 fully saturated rings. The quantitative estimate of drug-likeness (QED) is 0.760. The molecule has 2 aliphatic heterocycles. The molecule has 29 heavy (non-hydrogen) atoms. The summed E-state index contributed by atoms with van der Waals surface area (Å²) in [6.07, 6.45) is 6.02. The van der Waals surface area contributed by atoms with Gasteiger partial charge in [-0.25, -0.2) is 0 Å². The number of hydrogen-bond acceptors (Lipinski definition) is 6. The number of benzene rings is 1. The van der Waals surface area contributed by atoms with E-state index in [1.54, 1.807) is 6.08 Å². The van der Waals surface area contributed by atoms with Crippen LogP contribution in [0.2, 0.25) is 0 Å². The van der Waals surface area contributed by atoms with E-state index in [1.165, 1.54) is 0 Å². The van der Waals surface area contributed by atoms with E-state index in [0.717, 1.165) is 56.3 Å². The van der Waals surface area contributed by atoms with E-state index >= 15 is 0 Å². The summed E-state index contributed by atoms with van der Waals surface area (Å²) < 4.78 is 5.61. The Bertz CT molecular complexity index is 811. The maximum Gasteiger partial charge on any atom is 0.246 e. The largest absolute Gasteiger partial charge is 0.376 e. The predicted octanol–water partition coefficient (Wildman–Crippen LogP) is 2.43. The van der Waals surface area contributed by atoms with E-state index in [0.29, 0.717) is 13.1 Å². The molecule has 2 aliphatic rings. The Morgan fingerprint density at radius 3 is 2.62 bits per heavy atom. The van der Waals surface area contributed by atoms with Crippen LogP contribution in [0.25, 0.3) is 6.08 Å². The molecule has 1 amide bonds. The highest BCUT2D eigenvalue weighted by Crippen LogP contribution is 2.16. The number of ether oxygens (including phenoxy) is 1. The normalized spacial score (nSPS) is 19.7. The van der Waals surface area contributed by atoms with Crippen molar-refractivity contribution in [3.63, 3.8) is 0 Å². The molecule has 4 rings (SSSR count). The molecule has 1 unspecified atom stereocenters. The Kier molecular flexibility index (Phi) is 6.36. The lowest BCUT2D eigenvalue weighted by atomic mass is 10.2. The summed E-state index contributed by atoms with van der Waals surface area (Å²) in [5, 5.41) is 11.9. The van der Waals surface area contributed by atoms with Gasteiger partial charge in [0, 0.05) is 45.4 Å². The van der Waals surface area contributed by atoms with Crippen LogP contribution in [0, 0.1) is 0 Å². The van der Waals surface area contributed by atoms with Gasteiger partial charge in [0.05, 0.1) is 6.10 Å². The first-order chi connectivity index (χ1) is 14.3. The highest BCUT2D eigenvalue weighted by molar-refractivity contribution is 5.91. The average Bonchev–Trinajstić information content (AvgIpc) is 3.31. The number of nitrogens with one attached hydrogen (secondary N) is 1. The standard InChI is InChI=1S/C22H27N5O2/c28-22(11-8-18-5-2-1-3-6-18)27-14-12-26(13-15-27)21-10-9-20(24-25-21)23-17-19-7-4-16-29-19/h1-3,5-6,8-11,19H,4,7,12-17H2,(H,23,24)/b11-8+. The van der Waals surface area contributed by atoms with Crippen molar-refractivity contribution in [2.45, 2.75) is 18.9 Å². The Morgan fingerprint density at radius 2 is 1.93 bits per heavy atom. The molecular weight excluding hydrogens is 366 g/mol. The Labute approximate surface area is 171 Å². The topological polar surface area (TPSA) is 70.6 Å². The van der Waals surface area contributed by atoms with Gasteiger partial charge >= 0.3 is 0 Å². The summed E-state index contributed by atoms with van der Waals surface area (Å²) >= 11 is 0. The van der Waals surface area contributed by atoms with Gasteiger partial charge in [-0.1, -0.05) is 30.3 Å². The molecule has 1 aromatic carbocycles. The number of aromatic nitrogens is 2. The molecule has 0 bridgehead atoms. The van der Waals surface area contributed by atoms with E-state index in [4.69, 9.17) is 4.74 Å². The monoisotopic (exact) mass is 393 g/mol. The van der Waals surface area contributed by atoms with Crippen molar-refractivity contribution in [3.05, 3.63) is 54.1 Å². The van der Waals surface area contributed by atoms with Crippen LogP contribution in [0.4, 0.5) is 11.6 Å². The van der Waals surface area contributed by atoms with Gasteiger partial charge in [0.15, 0.2) is 5.82 Å².